The van der Waals surface area contributed by atoms with Crippen molar-refractivity contribution in [2.75, 3.05) is 34.0 Å². The number of aliphatic hydroxyl groups is 1. The summed E-state index contributed by atoms with van der Waals surface area (Å²) in [5.41, 5.74) is 0. The van der Waals surface area contributed by atoms with Gasteiger partial charge in [-0.3, -0.25) is 0 Å². The normalized spacial score (nSPS) is 12.0. The molecule has 0 aliphatic carbocycles. The maximum Gasteiger partial charge on any atom is 0.126 e. The van der Waals surface area contributed by atoms with Gasteiger partial charge >= 0.3 is 0 Å². The predicted molar refractivity (Wildman–Crippen MR) is 74.2 cm³/mol. The molecule has 19 heavy (non-hydrogen) atoms. The molecule has 5 heteroatoms. The molecule has 0 spiro atoms. The van der Waals surface area contributed by atoms with Crippen LogP contribution in [0.2, 0.25) is 0 Å². The van der Waals surface area contributed by atoms with Gasteiger partial charge in [-0.15, -0.1) is 0 Å². The third-order valence-electron chi connectivity index (χ3n) is 2.77. The second-order valence-electron chi connectivity index (χ2n) is 4.12. The maximum absolute atomic E-state index is 9.16. The molecule has 1 rings (SSSR count). The monoisotopic (exact) mass is 269 g/mol. The van der Waals surface area contributed by atoms with Gasteiger partial charge in [0.2, 0.25) is 0 Å². The highest BCUT2D eigenvalue weighted by Gasteiger charge is 2.07. The van der Waals surface area contributed by atoms with Gasteiger partial charge in [0.15, 0.2) is 0 Å². The van der Waals surface area contributed by atoms with Crippen molar-refractivity contribution in [3.63, 3.8) is 0 Å². The average Bonchev–Trinajstić information content (AvgIpc) is 2.45. The standard InChI is InChI=1S/C14H23NO4/c1-4-15-11(10-16)5-6-19-14-8-12(17-2)7-13(9-14)18-3/h7-9,11,15-16H,4-6,10H2,1-3H3. The highest BCUT2D eigenvalue weighted by Crippen LogP contribution is 2.27. The molecule has 1 aromatic rings. The van der Waals surface area contributed by atoms with Crippen LogP contribution in [-0.4, -0.2) is 45.1 Å². The van der Waals surface area contributed by atoms with Gasteiger partial charge in [0.1, 0.15) is 17.2 Å². The molecule has 0 fully saturated rings. The fourth-order valence-electron chi connectivity index (χ4n) is 1.73. The van der Waals surface area contributed by atoms with E-state index in [1.54, 1.807) is 20.3 Å². The van der Waals surface area contributed by atoms with Crippen molar-refractivity contribution in [2.45, 2.75) is 19.4 Å². The Labute approximate surface area is 114 Å². The van der Waals surface area contributed by atoms with Crippen molar-refractivity contribution >= 4 is 0 Å². The first kappa shape index (κ1) is 15.6. The number of methoxy groups -OCH3 is 2. The molecule has 2 N–H and O–H groups in total. The van der Waals surface area contributed by atoms with Crippen LogP contribution in [-0.2, 0) is 0 Å². The quantitative estimate of drug-likeness (QED) is 0.710. The van der Waals surface area contributed by atoms with Gasteiger partial charge in [0.25, 0.3) is 0 Å². The van der Waals surface area contributed by atoms with Crippen molar-refractivity contribution in [1.29, 1.82) is 0 Å². The molecule has 108 valence electrons. The summed E-state index contributed by atoms with van der Waals surface area (Å²) in [6.45, 7) is 3.47. The number of benzene rings is 1. The third-order valence-corrected chi connectivity index (χ3v) is 2.77. The number of likely N-dealkylation sites (N-methyl/N-ethyl adjacent to an activating group) is 1. The Morgan fingerprint density at radius 1 is 1.11 bits per heavy atom. The molecule has 0 aliphatic heterocycles. The SMILES string of the molecule is CCNC(CO)CCOc1cc(OC)cc(OC)c1. The number of rotatable bonds is 9. The van der Waals surface area contributed by atoms with Crippen LogP contribution >= 0.6 is 0 Å². The molecule has 0 saturated carbocycles. The molecule has 1 atom stereocenters. The van der Waals surface area contributed by atoms with E-state index in [9.17, 15) is 0 Å². The van der Waals surface area contributed by atoms with Crippen molar-refractivity contribution in [1.82, 2.24) is 5.32 Å². The Morgan fingerprint density at radius 3 is 2.16 bits per heavy atom. The summed E-state index contributed by atoms with van der Waals surface area (Å²) in [4.78, 5) is 0. The van der Waals surface area contributed by atoms with E-state index in [0.29, 0.717) is 23.9 Å². The van der Waals surface area contributed by atoms with E-state index in [2.05, 4.69) is 5.32 Å². The van der Waals surface area contributed by atoms with E-state index >= 15 is 0 Å². The fourth-order valence-corrected chi connectivity index (χ4v) is 1.73. The van der Waals surface area contributed by atoms with Gasteiger partial charge in [-0.2, -0.15) is 0 Å². The van der Waals surface area contributed by atoms with E-state index in [1.807, 2.05) is 19.1 Å². The molecule has 0 heterocycles. The van der Waals surface area contributed by atoms with Gasteiger partial charge in [0.05, 0.1) is 27.4 Å². The van der Waals surface area contributed by atoms with Gasteiger partial charge in [-0.25, -0.2) is 0 Å². The Morgan fingerprint density at radius 2 is 1.68 bits per heavy atom. The summed E-state index contributed by atoms with van der Waals surface area (Å²) < 4.78 is 16.0. The third kappa shape index (κ3) is 5.36. The summed E-state index contributed by atoms with van der Waals surface area (Å²) in [5.74, 6) is 2.09. The molecule has 0 aromatic heterocycles. The minimum absolute atomic E-state index is 0.0671. The summed E-state index contributed by atoms with van der Waals surface area (Å²) in [7, 11) is 3.21. The maximum atomic E-state index is 9.16. The number of hydrogen-bond donors (Lipinski definition) is 2. The molecule has 0 radical (unpaired) electrons. The first-order valence-corrected chi connectivity index (χ1v) is 6.43. The van der Waals surface area contributed by atoms with E-state index < -0.39 is 0 Å². The molecular formula is C14H23NO4. The van der Waals surface area contributed by atoms with Crippen LogP contribution in [0.4, 0.5) is 0 Å². The predicted octanol–water partition coefficient (Wildman–Crippen LogP) is 1.44. The Bertz CT molecular complexity index is 348. The van der Waals surface area contributed by atoms with Gasteiger partial charge < -0.3 is 24.6 Å². The van der Waals surface area contributed by atoms with Crippen LogP contribution < -0.4 is 19.5 Å². The Balaban J connectivity index is 2.52. The van der Waals surface area contributed by atoms with Gasteiger partial charge in [-0.1, -0.05) is 6.92 Å². The van der Waals surface area contributed by atoms with Crippen LogP contribution in [0.15, 0.2) is 18.2 Å². The molecule has 5 nitrogen and oxygen atoms in total. The second-order valence-corrected chi connectivity index (χ2v) is 4.12. The van der Waals surface area contributed by atoms with Crippen molar-refractivity contribution in [3.8, 4) is 17.2 Å². The largest absolute Gasteiger partial charge is 0.496 e. The number of ether oxygens (including phenoxy) is 3. The fraction of sp³-hybridized carbons (Fsp3) is 0.571. The lowest BCUT2D eigenvalue weighted by Gasteiger charge is -2.16. The first-order valence-electron chi connectivity index (χ1n) is 6.43. The molecule has 1 aromatic carbocycles. The average molecular weight is 269 g/mol. The first-order chi connectivity index (χ1) is 9.23. The zero-order valence-electron chi connectivity index (χ0n) is 11.8. The number of nitrogens with one attached hydrogen (secondary N) is 1. The van der Waals surface area contributed by atoms with Crippen LogP contribution in [0.5, 0.6) is 17.2 Å². The van der Waals surface area contributed by atoms with Crippen LogP contribution in [0, 0.1) is 0 Å². The van der Waals surface area contributed by atoms with Crippen LogP contribution in [0.25, 0.3) is 0 Å². The summed E-state index contributed by atoms with van der Waals surface area (Å²) in [6.07, 6.45) is 0.740. The minimum Gasteiger partial charge on any atom is -0.496 e. The van der Waals surface area contributed by atoms with Crippen molar-refractivity contribution in [3.05, 3.63) is 18.2 Å². The van der Waals surface area contributed by atoms with Gasteiger partial charge in [-0.05, 0) is 13.0 Å². The van der Waals surface area contributed by atoms with E-state index in [-0.39, 0.29) is 12.6 Å². The highest BCUT2D eigenvalue weighted by atomic mass is 16.5. The van der Waals surface area contributed by atoms with Crippen molar-refractivity contribution < 1.29 is 19.3 Å². The highest BCUT2D eigenvalue weighted by molar-refractivity contribution is 5.41. The number of aliphatic hydroxyl groups excluding tert-OH is 1. The lowest BCUT2D eigenvalue weighted by molar-refractivity contribution is 0.209. The van der Waals surface area contributed by atoms with E-state index in [0.717, 1.165) is 13.0 Å². The minimum atomic E-state index is 0.0671. The zero-order chi connectivity index (χ0) is 14.1. The Hall–Kier alpha value is -1.46. The van der Waals surface area contributed by atoms with Gasteiger partial charge in [0, 0.05) is 24.2 Å². The molecule has 0 amide bonds. The molecule has 0 aliphatic rings. The zero-order valence-corrected chi connectivity index (χ0v) is 11.8. The smallest absolute Gasteiger partial charge is 0.126 e. The van der Waals surface area contributed by atoms with Crippen LogP contribution in [0.1, 0.15) is 13.3 Å². The number of hydrogen-bond acceptors (Lipinski definition) is 5. The summed E-state index contributed by atoms with van der Waals surface area (Å²) >= 11 is 0. The molecule has 0 bridgehead atoms. The molecular weight excluding hydrogens is 246 g/mol. The topological polar surface area (TPSA) is 60.0 Å². The summed E-state index contributed by atoms with van der Waals surface area (Å²) in [6, 6.07) is 5.48. The lowest BCUT2D eigenvalue weighted by Crippen LogP contribution is -2.33. The van der Waals surface area contributed by atoms with Crippen LogP contribution in [0.3, 0.4) is 0 Å². The van der Waals surface area contributed by atoms with E-state index in [1.165, 1.54) is 0 Å². The second kappa shape index (κ2) is 8.61. The Kier molecular flexibility index (Phi) is 7.07. The summed E-state index contributed by atoms with van der Waals surface area (Å²) in [5, 5.41) is 12.3. The lowest BCUT2D eigenvalue weighted by atomic mass is 10.2. The molecule has 1 unspecified atom stereocenters. The van der Waals surface area contributed by atoms with E-state index in [4.69, 9.17) is 19.3 Å². The van der Waals surface area contributed by atoms with Crippen molar-refractivity contribution in [2.24, 2.45) is 0 Å². The molecule has 0 saturated heterocycles.